The molecule has 0 spiro atoms. The van der Waals surface area contributed by atoms with E-state index in [0.29, 0.717) is 16.6 Å². The van der Waals surface area contributed by atoms with E-state index in [1.807, 2.05) is 0 Å². The Kier molecular flexibility index (Phi) is 3.22. The molecule has 3 aliphatic heterocycles. The average Bonchev–Trinajstić information content (AvgIpc) is 2.40. The van der Waals surface area contributed by atoms with Crippen LogP contribution >= 0.6 is 11.6 Å². The third-order valence-electron chi connectivity index (χ3n) is 3.96. The Morgan fingerprint density at radius 1 is 1.44 bits per heavy atom. The SMILES string of the molecule is O=C(NC1CN2CCC1CC2)c1ccnc(Cl)c1. The lowest BCUT2D eigenvalue weighted by atomic mass is 9.84. The predicted octanol–water partition coefficient (Wildman–Crippen LogP) is 1.56. The fourth-order valence-corrected chi connectivity index (χ4v) is 3.10. The Balaban J connectivity index is 1.68. The van der Waals surface area contributed by atoms with Crippen LogP contribution in [0.25, 0.3) is 0 Å². The van der Waals surface area contributed by atoms with Gasteiger partial charge in [-0.3, -0.25) is 4.79 Å². The second-order valence-corrected chi connectivity index (χ2v) is 5.47. The summed E-state index contributed by atoms with van der Waals surface area (Å²) in [6, 6.07) is 3.59. The molecule has 3 fully saturated rings. The van der Waals surface area contributed by atoms with Gasteiger partial charge < -0.3 is 10.2 Å². The quantitative estimate of drug-likeness (QED) is 0.826. The van der Waals surface area contributed by atoms with E-state index in [1.54, 1.807) is 18.3 Å². The van der Waals surface area contributed by atoms with Gasteiger partial charge in [-0.2, -0.15) is 0 Å². The van der Waals surface area contributed by atoms with Gasteiger partial charge in [0.05, 0.1) is 0 Å². The summed E-state index contributed by atoms with van der Waals surface area (Å²) < 4.78 is 0. The molecule has 0 aromatic carbocycles. The second-order valence-electron chi connectivity index (χ2n) is 5.09. The number of aromatic nitrogens is 1. The molecule has 1 aromatic heterocycles. The highest BCUT2D eigenvalue weighted by Crippen LogP contribution is 2.27. The van der Waals surface area contributed by atoms with Gasteiger partial charge in [-0.25, -0.2) is 4.98 Å². The summed E-state index contributed by atoms with van der Waals surface area (Å²) in [6.07, 6.45) is 3.96. The van der Waals surface area contributed by atoms with Crippen LogP contribution in [0.5, 0.6) is 0 Å². The van der Waals surface area contributed by atoms with E-state index < -0.39 is 0 Å². The van der Waals surface area contributed by atoms with Gasteiger partial charge in [0.1, 0.15) is 5.15 Å². The molecule has 0 aliphatic carbocycles. The first kappa shape index (κ1) is 11.9. The number of fused-ring (bicyclic) bond motifs is 3. The van der Waals surface area contributed by atoms with E-state index >= 15 is 0 Å². The molecule has 18 heavy (non-hydrogen) atoms. The van der Waals surface area contributed by atoms with Crippen LogP contribution in [0, 0.1) is 5.92 Å². The molecule has 3 aliphatic rings. The summed E-state index contributed by atoms with van der Waals surface area (Å²) in [7, 11) is 0. The number of pyridine rings is 1. The number of carbonyl (C=O) groups is 1. The van der Waals surface area contributed by atoms with Gasteiger partial charge >= 0.3 is 0 Å². The molecule has 4 nitrogen and oxygen atoms in total. The Labute approximate surface area is 111 Å². The van der Waals surface area contributed by atoms with Gasteiger partial charge in [0.25, 0.3) is 5.91 Å². The summed E-state index contributed by atoms with van der Waals surface area (Å²) in [6.45, 7) is 3.34. The molecule has 0 radical (unpaired) electrons. The van der Waals surface area contributed by atoms with Crippen LogP contribution in [0.4, 0.5) is 0 Å². The molecular weight excluding hydrogens is 250 g/mol. The van der Waals surface area contributed by atoms with E-state index in [9.17, 15) is 4.79 Å². The highest BCUT2D eigenvalue weighted by atomic mass is 35.5. The molecule has 5 heteroatoms. The van der Waals surface area contributed by atoms with Crippen molar-refractivity contribution in [1.29, 1.82) is 0 Å². The van der Waals surface area contributed by atoms with Crippen LogP contribution < -0.4 is 5.32 Å². The Hall–Kier alpha value is -1.13. The lowest BCUT2D eigenvalue weighted by Gasteiger charge is -2.44. The molecule has 2 bridgehead atoms. The summed E-state index contributed by atoms with van der Waals surface area (Å²) in [5.74, 6) is 0.592. The third-order valence-corrected chi connectivity index (χ3v) is 4.17. The van der Waals surface area contributed by atoms with Crippen molar-refractivity contribution in [3.63, 3.8) is 0 Å². The van der Waals surface area contributed by atoms with E-state index in [1.165, 1.54) is 25.9 Å². The van der Waals surface area contributed by atoms with Gasteiger partial charge in [0.15, 0.2) is 0 Å². The van der Waals surface area contributed by atoms with Gasteiger partial charge in [0, 0.05) is 24.3 Å². The van der Waals surface area contributed by atoms with E-state index in [0.717, 1.165) is 6.54 Å². The lowest BCUT2D eigenvalue weighted by molar-refractivity contribution is 0.0620. The van der Waals surface area contributed by atoms with Crippen molar-refractivity contribution < 1.29 is 4.79 Å². The fourth-order valence-electron chi connectivity index (χ4n) is 2.92. The van der Waals surface area contributed by atoms with Crippen LogP contribution in [0.1, 0.15) is 23.2 Å². The van der Waals surface area contributed by atoms with Crippen LogP contribution in [0.2, 0.25) is 5.15 Å². The number of nitrogens with zero attached hydrogens (tertiary/aromatic N) is 2. The van der Waals surface area contributed by atoms with Crippen LogP contribution in [0.15, 0.2) is 18.3 Å². The molecule has 0 saturated carbocycles. The van der Waals surface area contributed by atoms with Crippen LogP contribution in [-0.4, -0.2) is 41.5 Å². The van der Waals surface area contributed by atoms with E-state index in [4.69, 9.17) is 11.6 Å². The number of halogens is 1. The zero-order valence-corrected chi connectivity index (χ0v) is 10.9. The first-order valence-corrected chi connectivity index (χ1v) is 6.75. The van der Waals surface area contributed by atoms with Gasteiger partial charge in [-0.15, -0.1) is 0 Å². The average molecular weight is 266 g/mol. The monoisotopic (exact) mass is 265 g/mol. The van der Waals surface area contributed by atoms with Crippen molar-refractivity contribution >= 4 is 17.5 Å². The maximum Gasteiger partial charge on any atom is 0.251 e. The van der Waals surface area contributed by atoms with Crippen molar-refractivity contribution in [2.24, 2.45) is 5.92 Å². The normalized spacial score (nSPS) is 30.2. The number of hydrogen-bond acceptors (Lipinski definition) is 3. The molecular formula is C13H16ClN3O. The fraction of sp³-hybridized carbons (Fsp3) is 0.538. The van der Waals surface area contributed by atoms with E-state index in [-0.39, 0.29) is 11.9 Å². The first-order valence-electron chi connectivity index (χ1n) is 6.37. The lowest BCUT2D eigenvalue weighted by Crippen LogP contribution is -2.57. The van der Waals surface area contributed by atoms with Gasteiger partial charge in [0.2, 0.25) is 0 Å². The van der Waals surface area contributed by atoms with Gasteiger partial charge in [-0.05, 0) is 44.0 Å². The number of nitrogens with one attached hydrogen (secondary N) is 1. The minimum absolute atomic E-state index is 0.0435. The van der Waals surface area contributed by atoms with Crippen molar-refractivity contribution in [1.82, 2.24) is 15.2 Å². The first-order chi connectivity index (χ1) is 8.72. The van der Waals surface area contributed by atoms with Crippen molar-refractivity contribution in [2.75, 3.05) is 19.6 Å². The number of hydrogen-bond donors (Lipinski definition) is 1. The maximum absolute atomic E-state index is 12.1. The zero-order chi connectivity index (χ0) is 12.5. The van der Waals surface area contributed by atoms with Crippen molar-refractivity contribution in [2.45, 2.75) is 18.9 Å². The number of amides is 1. The number of carbonyl (C=O) groups excluding carboxylic acids is 1. The van der Waals surface area contributed by atoms with Crippen LogP contribution in [-0.2, 0) is 0 Å². The second kappa shape index (κ2) is 4.86. The highest BCUT2D eigenvalue weighted by Gasteiger charge is 2.34. The maximum atomic E-state index is 12.1. The summed E-state index contributed by atoms with van der Waals surface area (Å²) in [5, 5.41) is 3.48. The van der Waals surface area contributed by atoms with Crippen molar-refractivity contribution in [3.05, 3.63) is 29.0 Å². The molecule has 4 heterocycles. The zero-order valence-electron chi connectivity index (χ0n) is 10.1. The standard InChI is InChI=1S/C13H16ClN3O/c14-12-7-10(1-4-15-12)13(18)16-11-8-17-5-2-9(11)3-6-17/h1,4,7,9,11H,2-3,5-6,8H2,(H,16,18). The molecule has 1 N–H and O–H groups in total. The largest absolute Gasteiger partial charge is 0.348 e. The summed E-state index contributed by atoms with van der Waals surface area (Å²) >= 11 is 5.80. The third kappa shape index (κ3) is 2.35. The Bertz CT molecular complexity index is 457. The minimum atomic E-state index is -0.0435. The highest BCUT2D eigenvalue weighted by molar-refractivity contribution is 6.29. The topological polar surface area (TPSA) is 45.2 Å². The smallest absolute Gasteiger partial charge is 0.251 e. The molecule has 1 aromatic rings. The Morgan fingerprint density at radius 2 is 2.22 bits per heavy atom. The summed E-state index contributed by atoms with van der Waals surface area (Å²) in [4.78, 5) is 18.4. The molecule has 3 saturated heterocycles. The Morgan fingerprint density at radius 3 is 2.83 bits per heavy atom. The minimum Gasteiger partial charge on any atom is -0.348 e. The van der Waals surface area contributed by atoms with E-state index in [2.05, 4.69) is 15.2 Å². The molecule has 96 valence electrons. The number of piperidine rings is 3. The molecule has 1 amide bonds. The van der Waals surface area contributed by atoms with Crippen molar-refractivity contribution in [3.8, 4) is 0 Å². The molecule has 1 unspecified atom stereocenters. The summed E-state index contributed by atoms with van der Waals surface area (Å²) in [5.41, 5.74) is 0.589. The molecule has 4 rings (SSSR count). The number of rotatable bonds is 2. The van der Waals surface area contributed by atoms with Gasteiger partial charge in [-0.1, -0.05) is 11.6 Å². The predicted molar refractivity (Wildman–Crippen MR) is 69.7 cm³/mol. The molecule has 1 atom stereocenters. The van der Waals surface area contributed by atoms with Crippen LogP contribution in [0.3, 0.4) is 0 Å².